The fourth-order valence-corrected chi connectivity index (χ4v) is 2.87. The number of hydrogen-bond acceptors (Lipinski definition) is 8. The molecule has 9 heteroatoms. The number of nitrogens with zero attached hydrogens (tertiary/aromatic N) is 2. The Morgan fingerprint density at radius 3 is 2.64 bits per heavy atom. The molecule has 2 aliphatic rings. The summed E-state index contributed by atoms with van der Waals surface area (Å²) in [6.07, 6.45) is 0. The molecule has 1 fully saturated rings. The Labute approximate surface area is 143 Å². The first-order valence-corrected chi connectivity index (χ1v) is 7.63. The van der Waals surface area contributed by atoms with E-state index in [4.69, 9.17) is 14.2 Å². The van der Waals surface area contributed by atoms with Crippen molar-refractivity contribution in [1.29, 1.82) is 0 Å². The van der Waals surface area contributed by atoms with Gasteiger partial charge in [0.25, 0.3) is 5.91 Å². The number of methoxy groups -OCH3 is 2. The fraction of sp³-hybridized carbons (Fsp3) is 0.375. The first-order chi connectivity index (χ1) is 12.0. The summed E-state index contributed by atoms with van der Waals surface area (Å²) in [5.74, 6) is -1.98. The predicted molar refractivity (Wildman–Crippen MR) is 86.5 cm³/mol. The van der Waals surface area contributed by atoms with Crippen molar-refractivity contribution in [3.63, 3.8) is 0 Å². The molecule has 0 radical (unpaired) electrons. The molecule has 1 N–H and O–H groups in total. The number of imide groups is 1. The molecule has 0 aromatic heterocycles. The Balaban J connectivity index is 1.96. The van der Waals surface area contributed by atoms with E-state index < -0.39 is 29.7 Å². The van der Waals surface area contributed by atoms with Crippen LogP contribution in [0.25, 0.3) is 0 Å². The Morgan fingerprint density at radius 2 is 2.00 bits per heavy atom. The number of amides is 2. The molecule has 1 aromatic rings. The average molecular weight is 347 g/mol. The van der Waals surface area contributed by atoms with Gasteiger partial charge < -0.3 is 14.2 Å². The molecular weight excluding hydrogens is 330 g/mol. The molecule has 2 amide bonds. The molecule has 2 atom stereocenters. The van der Waals surface area contributed by atoms with E-state index in [1.807, 2.05) is 0 Å². The van der Waals surface area contributed by atoms with Gasteiger partial charge in [0.05, 0.1) is 26.5 Å². The zero-order chi connectivity index (χ0) is 18.1. The minimum Gasteiger partial charge on any atom is -0.497 e. The predicted octanol–water partition coefficient (Wildman–Crippen LogP) is 0.0841. The number of benzene rings is 1. The van der Waals surface area contributed by atoms with Gasteiger partial charge in [-0.3, -0.25) is 15.0 Å². The number of esters is 1. The van der Waals surface area contributed by atoms with Crippen molar-refractivity contribution in [2.75, 3.05) is 25.7 Å². The van der Waals surface area contributed by atoms with Crippen LogP contribution in [0.5, 0.6) is 11.5 Å². The van der Waals surface area contributed by atoms with Crippen LogP contribution in [-0.4, -0.2) is 50.4 Å². The quantitative estimate of drug-likeness (QED) is 0.594. The van der Waals surface area contributed by atoms with Crippen molar-refractivity contribution in [2.45, 2.75) is 13.0 Å². The number of nitrogens with one attached hydrogen (secondary N) is 1. The second-order valence-corrected chi connectivity index (χ2v) is 5.35. The lowest BCUT2D eigenvalue weighted by Crippen LogP contribution is -2.36. The van der Waals surface area contributed by atoms with E-state index in [9.17, 15) is 14.4 Å². The highest BCUT2D eigenvalue weighted by atomic mass is 16.5. The normalized spacial score (nSPS) is 21.6. The van der Waals surface area contributed by atoms with Gasteiger partial charge in [0.2, 0.25) is 5.91 Å². The van der Waals surface area contributed by atoms with Crippen molar-refractivity contribution in [3.05, 3.63) is 18.2 Å². The summed E-state index contributed by atoms with van der Waals surface area (Å²) < 4.78 is 15.3. The third-order valence-corrected chi connectivity index (χ3v) is 4.04. The van der Waals surface area contributed by atoms with Gasteiger partial charge in [-0.1, -0.05) is 0 Å². The van der Waals surface area contributed by atoms with Gasteiger partial charge in [-0.25, -0.2) is 9.69 Å². The molecule has 0 spiro atoms. The minimum absolute atomic E-state index is 0.0971. The summed E-state index contributed by atoms with van der Waals surface area (Å²) in [5, 5.41) is 3.81. The van der Waals surface area contributed by atoms with E-state index in [1.54, 1.807) is 25.1 Å². The number of anilines is 1. The van der Waals surface area contributed by atoms with Crippen LogP contribution in [-0.2, 0) is 19.1 Å². The van der Waals surface area contributed by atoms with Crippen LogP contribution in [0.3, 0.4) is 0 Å². The van der Waals surface area contributed by atoms with Crippen LogP contribution in [0.4, 0.5) is 5.69 Å². The molecular formula is C16H17N3O6. The van der Waals surface area contributed by atoms with Gasteiger partial charge >= 0.3 is 5.97 Å². The van der Waals surface area contributed by atoms with Crippen LogP contribution in [0.2, 0.25) is 0 Å². The minimum atomic E-state index is -1.02. The first-order valence-electron chi connectivity index (χ1n) is 7.63. The lowest BCUT2D eigenvalue weighted by Gasteiger charge is -2.19. The van der Waals surface area contributed by atoms with Gasteiger partial charge in [0.1, 0.15) is 23.5 Å². The van der Waals surface area contributed by atoms with Gasteiger partial charge in [-0.15, -0.1) is 0 Å². The lowest BCUT2D eigenvalue weighted by atomic mass is 9.99. The smallest absolute Gasteiger partial charge is 0.355 e. The molecule has 0 unspecified atom stereocenters. The maximum absolute atomic E-state index is 12.8. The van der Waals surface area contributed by atoms with Gasteiger partial charge in [0, 0.05) is 6.07 Å². The average Bonchev–Trinajstić information content (AvgIpc) is 3.15. The van der Waals surface area contributed by atoms with Crippen LogP contribution in [0.1, 0.15) is 6.92 Å². The molecule has 1 saturated heterocycles. The summed E-state index contributed by atoms with van der Waals surface area (Å²) in [6, 6.07) is 3.80. The largest absolute Gasteiger partial charge is 0.497 e. The van der Waals surface area contributed by atoms with Gasteiger partial charge in [-0.05, 0) is 19.1 Å². The summed E-state index contributed by atoms with van der Waals surface area (Å²) in [6.45, 7) is 1.79. The monoisotopic (exact) mass is 347 g/mol. The topological polar surface area (TPSA) is 107 Å². The molecule has 0 bridgehead atoms. The Bertz CT molecular complexity index is 775. The second kappa shape index (κ2) is 6.42. The third-order valence-electron chi connectivity index (χ3n) is 4.04. The van der Waals surface area contributed by atoms with E-state index in [-0.39, 0.29) is 18.0 Å². The summed E-state index contributed by atoms with van der Waals surface area (Å²) in [7, 11) is 2.92. The highest BCUT2D eigenvalue weighted by Gasteiger charge is 2.56. The number of rotatable bonds is 5. The van der Waals surface area contributed by atoms with Crippen LogP contribution >= 0.6 is 0 Å². The number of ether oxygens (including phenoxy) is 3. The molecule has 3 rings (SSSR count). The van der Waals surface area contributed by atoms with Crippen molar-refractivity contribution in [3.8, 4) is 11.5 Å². The van der Waals surface area contributed by atoms with Crippen LogP contribution in [0.15, 0.2) is 23.3 Å². The van der Waals surface area contributed by atoms with Crippen molar-refractivity contribution in [1.82, 2.24) is 5.43 Å². The first kappa shape index (κ1) is 16.7. The number of fused-ring (bicyclic) bond motifs is 1. The summed E-state index contributed by atoms with van der Waals surface area (Å²) in [4.78, 5) is 38.5. The lowest BCUT2D eigenvalue weighted by molar-refractivity contribution is -0.136. The fourth-order valence-electron chi connectivity index (χ4n) is 2.87. The highest BCUT2D eigenvalue weighted by molar-refractivity contribution is 6.46. The number of hydrogen-bond donors (Lipinski definition) is 1. The van der Waals surface area contributed by atoms with Crippen LogP contribution in [0, 0.1) is 5.92 Å². The standard InChI is InChI=1S/C16H17N3O6/c1-4-25-16(22)13-11-12(17-18-13)15(21)19(14(11)20)9-6-5-8(23-2)7-10(9)24-3/h5-7,11-12,17H,4H2,1-3H3/t11-,12+/m1/s1. The molecule has 2 aliphatic heterocycles. The van der Waals surface area contributed by atoms with Gasteiger partial charge in [0.15, 0.2) is 5.71 Å². The number of carbonyl (C=O) groups is 3. The van der Waals surface area contributed by atoms with Gasteiger partial charge in [-0.2, -0.15) is 5.10 Å². The Kier molecular flexibility index (Phi) is 4.30. The molecule has 0 saturated carbocycles. The third kappa shape index (κ3) is 2.57. The number of hydrazone groups is 1. The molecule has 2 heterocycles. The van der Waals surface area contributed by atoms with E-state index in [0.717, 1.165) is 4.90 Å². The number of carbonyl (C=O) groups excluding carboxylic acids is 3. The van der Waals surface area contributed by atoms with Crippen molar-refractivity contribution >= 4 is 29.2 Å². The van der Waals surface area contributed by atoms with Crippen molar-refractivity contribution < 1.29 is 28.6 Å². The SMILES string of the molecule is CCOC(=O)C1=NN[C@@H]2C(=O)N(c3ccc(OC)cc3OC)C(=O)[C@@H]12. The van der Waals surface area contributed by atoms with Crippen molar-refractivity contribution in [2.24, 2.45) is 11.0 Å². The Hall–Kier alpha value is -3.10. The highest BCUT2D eigenvalue weighted by Crippen LogP contribution is 2.38. The second-order valence-electron chi connectivity index (χ2n) is 5.35. The molecule has 1 aromatic carbocycles. The van der Waals surface area contributed by atoms with E-state index in [1.165, 1.54) is 14.2 Å². The zero-order valence-electron chi connectivity index (χ0n) is 13.9. The van der Waals surface area contributed by atoms with E-state index in [2.05, 4.69) is 10.5 Å². The molecule has 9 nitrogen and oxygen atoms in total. The molecule has 25 heavy (non-hydrogen) atoms. The van der Waals surface area contributed by atoms with Crippen LogP contribution < -0.4 is 19.8 Å². The maximum Gasteiger partial charge on any atom is 0.355 e. The molecule has 0 aliphatic carbocycles. The Morgan fingerprint density at radius 1 is 1.24 bits per heavy atom. The molecule has 132 valence electrons. The maximum atomic E-state index is 12.8. The van der Waals surface area contributed by atoms with E-state index >= 15 is 0 Å². The summed E-state index contributed by atoms with van der Waals surface area (Å²) >= 11 is 0. The zero-order valence-corrected chi connectivity index (χ0v) is 13.9. The summed E-state index contributed by atoms with van der Waals surface area (Å²) in [5.41, 5.74) is 2.74. The van der Waals surface area contributed by atoms with E-state index in [0.29, 0.717) is 11.5 Å².